The molecule has 0 heterocycles. The average molecular weight is 101 g/mol. The lowest BCUT2D eigenvalue weighted by molar-refractivity contribution is 0.0690. The summed E-state index contributed by atoms with van der Waals surface area (Å²) in [5, 5.41) is 16.8. The lowest BCUT2D eigenvalue weighted by Gasteiger charge is -2.07. The van der Waals surface area contributed by atoms with Crippen molar-refractivity contribution >= 4 is 0 Å². The van der Waals surface area contributed by atoms with Crippen molar-refractivity contribution in [1.29, 1.82) is 0 Å². The maximum atomic E-state index is 8.50. The van der Waals surface area contributed by atoms with Gasteiger partial charge in [-0.05, 0) is 13.3 Å². The van der Waals surface area contributed by atoms with Gasteiger partial charge in [0, 0.05) is 0 Å². The maximum absolute atomic E-state index is 8.50. The highest BCUT2D eigenvalue weighted by molar-refractivity contribution is 4.78. The molecule has 2 nitrogen and oxygen atoms in total. The van der Waals surface area contributed by atoms with Gasteiger partial charge in [0.2, 0.25) is 0 Å². The summed E-state index contributed by atoms with van der Waals surface area (Å²) in [5.74, 6) is 0. The number of hydrogen-bond donors (Lipinski definition) is 2. The van der Waals surface area contributed by atoms with Crippen molar-refractivity contribution in [2.45, 2.75) is 19.1 Å². The van der Waals surface area contributed by atoms with Gasteiger partial charge in [-0.3, -0.25) is 0 Å². The first-order valence-corrected chi connectivity index (χ1v) is 2.09. The second kappa shape index (κ2) is 2.99. The van der Waals surface area contributed by atoms with E-state index < -0.39 is 12.2 Å². The molecule has 2 N–H and O–H groups in total. The van der Waals surface area contributed by atoms with E-state index in [1.165, 1.54) is 6.42 Å². The van der Waals surface area contributed by atoms with Crippen LogP contribution in [0.3, 0.4) is 0 Å². The van der Waals surface area contributed by atoms with E-state index in [9.17, 15) is 0 Å². The van der Waals surface area contributed by atoms with Crippen LogP contribution in [-0.2, 0) is 0 Å². The lowest BCUT2D eigenvalue weighted by atomic mass is 10.2. The third-order valence-corrected chi connectivity index (χ3v) is 0.691. The van der Waals surface area contributed by atoms with Crippen molar-refractivity contribution < 1.29 is 10.2 Å². The molecular weight excluding hydrogens is 92.1 g/mol. The fourth-order valence-corrected chi connectivity index (χ4v) is 0.197. The van der Waals surface area contributed by atoms with Gasteiger partial charge < -0.3 is 10.2 Å². The third-order valence-electron chi connectivity index (χ3n) is 0.691. The molecule has 0 rings (SSSR count). The first kappa shape index (κ1) is 6.92. The van der Waals surface area contributed by atoms with Gasteiger partial charge in [-0.2, -0.15) is 0 Å². The molecule has 0 aliphatic heterocycles. The van der Waals surface area contributed by atoms with Crippen molar-refractivity contribution in [3.05, 3.63) is 13.3 Å². The Morgan fingerprint density at radius 3 is 2.00 bits per heavy atom. The monoisotopic (exact) mass is 101 g/mol. The molecule has 0 saturated heterocycles. The average Bonchev–Trinajstić information content (AvgIpc) is 1.65. The van der Waals surface area contributed by atoms with E-state index >= 15 is 0 Å². The maximum Gasteiger partial charge on any atom is 0.0837 e. The zero-order valence-corrected chi connectivity index (χ0v) is 4.20. The van der Waals surface area contributed by atoms with Crippen LogP contribution in [0.1, 0.15) is 6.92 Å². The highest BCUT2D eigenvalue weighted by Crippen LogP contribution is 1.92. The molecule has 0 aromatic rings. The fourth-order valence-electron chi connectivity index (χ4n) is 0.197. The molecule has 0 aliphatic rings. The summed E-state index contributed by atoms with van der Waals surface area (Å²) in [5.41, 5.74) is 0. The van der Waals surface area contributed by atoms with E-state index in [1.54, 1.807) is 6.92 Å². The van der Waals surface area contributed by atoms with E-state index in [0.717, 1.165) is 0 Å². The van der Waals surface area contributed by atoms with Crippen LogP contribution < -0.4 is 0 Å². The molecule has 0 aliphatic carbocycles. The topological polar surface area (TPSA) is 40.5 Å². The Kier molecular flexibility index (Phi) is 2.96. The summed E-state index contributed by atoms with van der Waals surface area (Å²) in [6.45, 7) is 6.45. The summed E-state index contributed by atoms with van der Waals surface area (Å²) in [6.07, 6.45) is -0.602. The van der Waals surface area contributed by atoms with Gasteiger partial charge in [-0.1, -0.05) is 6.92 Å². The van der Waals surface area contributed by atoms with Crippen molar-refractivity contribution in [3.63, 3.8) is 0 Å². The Bertz CT molecular complexity index is 43.3. The summed E-state index contributed by atoms with van der Waals surface area (Å²) in [6, 6.07) is 0. The third kappa shape index (κ3) is 2.60. The molecular formula is C5H9O2. The van der Waals surface area contributed by atoms with E-state index in [0.29, 0.717) is 0 Å². The first-order valence-electron chi connectivity index (χ1n) is 2.09. The summed E-state index contributed by atoms with van der Waals surface area (Å²) in [4.78, 5) is 0. The SMILES string of the molecule is [CH]C(O)C(O)[CH]C. The van der Waals surface area contributed by atoms with Gasteiger partial charge in [-0.15, -0.1) is 0 Å². The van der Waals surface area contributed by atoms with E-state index in [-0.39, 0.29) is 0 Å². The van der Waals surface area contributed by atoms with Crippen molar-refractivity contribution in [1.82, 2.24) is 0 Å². The Hall–Kier alpha value is -0.0800. The minimum Gasteiger partial charge on any atom is -0.390 e. The highest BCUT2D eigenvalue weighted by atomic mass is 16.3. The Labute approximate surface area is 43.8 Å². The molecule has 0 spiro atoms. The quantitative estimate of drug-likeness (QED) is 0.499. The molecule has 0 aromatic heterocycles. The van der Waals surface area contributed by atoms with Crippen molar-refractivity contribution in [3.8, 4) is 0 Å². The van der Waals surface area contributed by atoms with Gasteiger partial charge in [0.05, 0.1) is 12.2 Å². The van der Waals surface area contributed by atoms with Crippen molar-refractivity contribution in [2.24, 2.45) is 0 Å². The lowest BCUT2D eigenvalue weighted by Crippen LogP contribution is -2.21. The van der Waals surface area contributed by atoms with Crippen LogP contribution in [0.5, 0.6) is 0 Å². The van der Waals surface area contributed by atoms with Crippen molar-refractivity contribution in [2.75, 3.05) is 0 Å². The van der Waals surface area contributed by atoms with Crippen LogP contribution in [0.25, 0.3) is 0 Å². The molecule has 41 valence electrons. The van der Waals surface area contributed by atoms with Gasteiger partial charge >= 0.3 is 0 Å². The van der Waals surface area contributed by atoms with Gasteiger partial charge in [-0.25, -0.2) is 0 Å². The minimum absolute atomic E-state index is 0.889. The smallest absolute Gasteiger partial charge is 0.0837 e. The molecule has 2 unspecified atom stereocenters. The number of aliphatic hydroxyl groups excluding tert-OH is 2. The molecule has 0 fully saturated rings. The number of hydrogen-bond acceptors (Lipinski definition) is 2. The predicted molar refractivity (Wildman–Crippen MR) is 26.3 cm³/mol. The molecule has 0 saturated carbocycles. The second-order valence-electron chi connectivity index (χ2n) is 1.31. The number of rotatable bonds is 2. The molecule has 7 heavy (non-hydrogen) atoms. The Morgan fingerprint density at radius 1 is 1.57 bits per heavy atom. The summed E-state index contributed by atoms with van der Waals surface area (Å²) < 4.78 is 0. The van der Waals surface area contributed by atoms with Crippen LogP contribution in [0.15, 0.2) is 0 Å². The molecule has 2 heteroatoms. The zero-order chi connectivity index (χ0) is 5.86. The van der Waals surface area contributed by atoms with Gasteiger partial charge in [0.25, 0.3) is 0 Å². The second-order valence-corrected chi connectivity index (χ2v) is 1.31. The van der Waals surface area contributed by atoms with Crippen LogP contribution in [0, 0.1) is 13.3 Å². The molecule has 0 amide bonds. The zero-order valence-electron chi connectivity index (χ0n) is 4.20. The fraction of sp³-hybridized carbons (Fsp3) is 0.600. The Balaban J connectivity index is 3.14. The van der Waals surface area contributed by atoms with Crippen LogP contribution in [0.4, 0.5) is 0 Å². The predicted octanol–water partition coefficient (Wildman–Crippen LogP) is -0.357. The van der Waals surface area contributed by atoms with Crippen LogP contribution >= 0.6 is 0 Å². The van der Waals surface area contributed by atoms with Crippen LogP contribution in [-0.4, -0.2) is 22.4 Å². The van der Waals surface area contributed by atoms with Gasteiger partial charge in [0.15, 0.2) is 0 Å². The highest BCUT2D eigenvalue weighted by Gasteiger charge is 2.06. The first-order chi connectivity index (χ1) is 3.18. The minimum atomic E-state index is -1.13. The molecule has 0 aromatic carbocycles. The Morgan fingerprint density at radius 2 is 2.00 bits per heavy atom. The van der Waals surface area contributed by atoms with Crippen LogP contribution in [0.2, 0.25) is 0 Å². The molecule has 0 bridgehead atoms. The molecule has 3 radical (unpaired) electrons. The standard InChI is InChI=1S/C5H9O2/c1-3-5(7)4(2)6/h2-7H,1H3. The largest absolute Gasteiger partial charge is 0.390 e. The van der Waals surface area contributed by atoms with E-state index in [1.807, 2.05) is 0 Å². The summed E-state index contributed by atoms with van der Waals surface area (Å²) in [7, 11) is 0. The van der Waals surface area contributed by atoms with E-state index in [2.05, 4.69) is 0 Å². The van der Waals surface area contributed by atoms with E-state index in [4.69, 9.17) is 17.1 Å². The van der Waals surface area contributed by atoms with Gasteiger partial charge in [0.1, 0.15) is 0 Å². The summed E-state index contributed by atoms with van der Waals surface area (Å²) >= 11 is 0. The number of aliphatic hydroxyl groups is 2. The normalized spacial score (nSPS) is 18.9. The molecule has 2 atom stereocenters.